The number of nitrogens with zero attached hydrogens (tertiary/aromatic N) is 2. The van der Waals surface area contributed by atoms with E-state index in [1.165, 1.54) is 11.6 Å². The SMILES string of the molecule is Cc1cccc(NC(=S)N(C)[C@H](C)c2cccc([N+](=O)[O-])c2)c1C. The fourth-order valence-electron chi connectivity index (χ4n) is 2.39. The summed E-state index contributed by atoms with van der Waals surface area (Å²) in [5.41, 5.74) is 4.24. The molecule has 0 bridgehead atoms. The lowest BCUT2D eigenvalue weighted by atomic mass is 10.1. The Balaban J connectivity index is 2.16. The normalized spacial score (nSPS) is 11.7. The topological polar surface area (TPSA) is 58.4 Å². The molecule has 0 radical (unpaired) electrons. The molecule has 2 aromatic carbocycles. The molecule has 24 heavy (non-hydrogen) atoms. The average Bonchev–Trinajstić information content (AvgIpc) is 2.57. The minimum absolute atomic E-state index is 0.0844. The van der Waals surface area contributed by atoms with Gasteiger partial charge in [0.15, 0.2) is 5.11 Å². The molecular weight excluding hydrogens is 322 g/mol. The van der Waals surface area contributed by atoms with E-state index >= 15 is 0 Å². The number of aryl methyl sites for hydroxylation is 1. The van der Waals surface area contributed by atoms with Gasteiger partial charge in [-0.1, -0.05) is 24.3 Å². The molecule has 5 nitrogen and oxygen atoms in total. The molecule has 6 heteroatoms. The summed E-state index contributed by atoms with van der Waals surface area (Å²) >= 11 is 5.50. The number of benzene rings is 2. The largest absolute Gasteiger partial charge is 0.345 e. The highest BCUT2D eigenvalue weighted by molar-refractivity contribution is 7.80. The van der Waals surface area contributed by atoms with Crippen LogP contribution in [0.15, 0.2) is 42.5 Å². The van der Waals surface area contributed by atoms with Crippen LogP contribution in [0.3, 0.4) is 0 Å². The minimum atomic E-state index is -0.386. The van der Waals surface area contributed by atoms with E-state index in [2.05, 4.69) is 18.3 Å². The lowest BCUT2D eigenvalue weighted by molar-refractivity contribution is -0.384. The van der Waals surface area contributed by atoms with Gasteiger partial charge in [-0.2, -0.15) is 0 Å². The standard InChI is InChI=1S/C18H21N3O2S/c1-12-7-5-10-17(13(12)2)19-18(24)20(4)14(3)15-8-6-9-16(11-15)21(22)23/h5-11,14H,1-4H3,(H,19,24)/t14-/m1/s1. The van der Waals surface area contributed by atoms with E-state index in [-0.39, 0.29) is 16.7 Å². The molecule has 1 atom stereocenters. The highest BCUT2D eigenvalue weighted by Crippen LogP contribution is 2.24. The Kier molecular flexibility index (Phi) is 5.51. The van der Waals surface area contributed by atoms with Gasteiger partial charge in [-0.3, -0.25) is 10.1 Å². The van der Waals surface area contributed by atoms with Crippen molar-refractivity contribution in [1.82, 2.24) is 4.90 Å². The van der Waals surface area contributed by atoms with Crippen molar-refractivity contribution in [2.24, 2.45) is 0 Å². The van der Waals surface area contributed by atoms with Crippen LogP contribution >= 0.6 is 12.2 Å². The molecule has 0 spiro atoms. The van der Waals surface area contributed by atoms with Gasteiger partial charge < -0.3 is 10.2 Å². The predicted octanol–water partition coefficient (Wildman–Crippen LogP) is 4.60. The van der Waals surface area contributed by atoms with Crippen LogP contribution in [0.2, 0.25) is 0 Å². The first-order valence-corrected chi connectivity index (χ1v) is 8.06. The molecule has 0 saturated carbocycles. The van der Waals surface area contributed by atoms with Crippen molar-refractivity contribution in [2.45, 2.75) is 26.8 Å². The van der Waals surface area contributed by atoms with E-state index in [0.717, 1.165) is 16.8 Å². The van der Waals surface area contributed by atoms with E-state index in [1.54, 1.807) is 12.1 Å². The molecule has 0 aliphatic rings. The third kappa shape index (κ3) is 3.89. The summed E-state index contributed by atoms with van der Waals surface area (Å²) in [5.74, 6) is 0. The maximum Gasteiger partial charge on any atom is 0.269 e. The molecule has 0 amide bonds. The van der Waals surface area contributed by atoms with Crippen LogP contribution in [-0.4, -0.2) is 22.0 Å². The summed E-state index contributed by atoms with van der Waals surface area (Å²) in [7, 11) is 1.88. The van der Waals surface area contributed by atoms with Crippen LogP contribution in [-0.2, 0) is 0 Å². The monoisotopic (exact) mass is 343 g/mol. The first-order chi connectivity index (χ1) is 11.3. The Morgan fingerprint density at radius 1 is 1.25 bits per heavy atom. The second kappa shape index (κ2) is 7.40. The van der Waals surface area contributed by atoms with Crippen molar-refractivity contribution >= 4 is 28.7 Å². The molecule has 2 aromatic rings. The van der Waals surface area contributed by atoms with Gasteiger partial charge in [0, 0.05) is 24.9 Å². The first-order valence-electron chi connectivity index (χ1n) is 7.65. The third-order valence-electron chi connectivity index (χ3n) is 4.31. The second-order valence-electron chi connectivity index (χ2n) is 5.82. The van der Waals surface area contributed by atoms with E-state index < -0.39 is 0 Å². The fourth-order valence-corrected chi connectivity index (χ4v) is 2.66. The van der Waals surface area contributed by atoms with Crippen LogP contribution in [0.5, 0.6) is 0 Å². The van der Waals surface area contributed by atoms with Crippen LogP contribution in [0.4, 0.5) is 11.4 Å². The number of anilines is 1. The Bertz CT molecular complexity index is 777. The highest BCUT2D eigenvalue weighted by Gasteiger charge is 2.17. The molecule has 0 saturated heterocycles. The zero-order valence-electron chi connectivity index (χ0n) is 14.2. The summed E-state index contributed by atoms with van der Waals surface area (Å²) in [6.45, 7) is 6.07. The van der Waals surface area contributed by atoms with Crippen molar-refractivity contribution in [1.29, 1.82) is 0 Å². The third-order valence-corrected chi connectivity index (χ3v) is 4.70. The number of nitro benzene ring substituents is 1. The number of hydrogen-bond acceptors (Lipinski definition) is 3. The smallest absolute Gasteiger partial charge is 0.269 e. The second-order valence-corrected chi connectivity index (χ2v) is 6.20. The van der Waals surface area contributed by atoms with Gasteiger partial charge in [0.1, 0.15) is 0 Å². The van der Waals surface area contributed by atoms with Crippen LogP contribution < -0.4 is 5.32 Å². The highest BCUT2D eigenvalue weighted by atomic mass is 32.1. The Morgan fingerprint density at radius 2 is 1.92 bits per heavy atom. The van der Waals surface area contributed by atoms with Gasteiger partial charge in [0.05, 0.1) is 11.0 Å². The number of hydrogen-bond donors (Lipinski definition) is 1. The van der Waals surface area contributed by atoms with Crippen molar-refractivity contribution < 1.29 is 4.92 Å². The molecule has 0 aromatic heterocycles. The van der Waals surface area contributed by atoms with Gasteiger partial charge in [-0.15, -0.1) is 0 Å². The van der Waals surface area contributed by atoms with E-state index in [0.29, 0.717) is 5.11 Å². The first kappa shape index (κ1) is 17.9. The van der Waals surface area contributed by atoms with Crippen LogP contribution in [0.25, 0.3) is 0 Å². The fraction of sp³-hybridized carbons (Fsp3) is 0.278. The summed E-state index contributed by atoms with van der Waals surface area (Å²) in [6.07, 6.45) is 0. The predicted molar refractivity (Wildman–Crippen MR) is 101 cm³/mol. The van der Waals surface area contributed by atoms with E-state index in [1.807, 2.05) is 44.0 Å². The molecule has 1 N–H and O–H groups in total. The van der Waals surface area contributed by atoms with Crippen molar-refractivity contribution in [2.75, 3.05) is 12.4 Å². The molecule has 0 aliphatic carbocycles. The molecule has 126 valence electrons. The van der Waals surface area contributed by atoms with E-state index in [4.69, 9.17) is 12.2 Å². The molecule has 0 heterocycles. The Labute approximate surface area is 147 Å². The number of non-ortho nitro benzene ring substituents is 1. The maximum absolute atomic E-state index is 10.9. The van der Waals surface area contributed by atoms with E-state index in [9.17, 15) is 10.1 Å². The number of rotatable bonds is 4. The maximum atomic E-state index is 10.9. The molecule has 0 fully saturated rings. The number of nitrogens with one attached hydrogen (secondary N) is 1. The number of nitro groups is 1. The van der Waals surface area contributed by atoms with Crippen LogP contribution in [0, 0.1) is 24.0 Å². The van der Waals surface area contributed by atoms with Crippen molar-refractivity contribution in [3.05, 3.63) is 69.3 Å². The molecule has 2 rings (SSSR count). The van der Waals surface area contributed by atoms with Gasteiger partial charge >= 0.3 is 0 Å². The van der Waals surface area contributed by atoms with Crippen molar-refractivity contribution in [3.8, 4) is 0 Å². The Hall–Kier alpha value is -2.47. The van der Waals surface area contributed by atoms with Crippen molar-refractivity contribution in [3.63, 3.8) is 0 Å². The van der Waals surface area contributed by atoms with Gasteiger partial charge in [-0.25, -0.2) is 0 Å². The summed E-state index contributed by atoms with van der Waals surface area (Å²) < 4.78 is 0. The van der Waals surface area contributed by atoms with Crippen LogP contribution in [0.1, 0.15) is 29.7 Å². The minimum Gasteiger partial charge on any atom is -0.345 e. The van der Waals surface area contributed by atoms with Gasteiger partial charge in [0.25, 0.3) is 5.69 Å². The summed E-state index contributed by atoms with van der Waals surface area (Å²) in [4.78, 5) is 12.5. The van der Waals surface area contributed by atoms with Gasteiger partial charge in [0.2, 0.25) is 0 Å². The molecular formula is C18H21N3O2S. The summed E-state index contributed by atoms with van der Waals surface area (Å²) in [5, 5.41) is 14.8. The average molecular weight is 343 g/mol. The lowest BCUT2D eigenvalue weighted by Crippen LogP contribution is -2.33. The number of thiocarbonyl (C=S) groups is 1. The molecule has 0 unspecified atom stereocenters. The van der Waals surface area contributed by atoms with Gasteiger partial charge in [-0.05, 0) is 55.7 Å². The molecule has 0 aliphatic heterocycles. The zero-order chi connectivity index (χ0) is 17.9. The zero-order valence-corrected chi connectivity index (χ0v) is 15.1. The summed E-state index contributed by atoms with van der Waals surface area (Å²) in [6, 6.07) is 12.6. The quantitative estimate of drug-likeness (QED) is 0.499. The lowest BCUT2D eigenvalue weighted by Gasteiger charge is -2.28. The Morgan fingerprint density at radius 3 is 2.58 bits per heavy atom.